The van der Waals surface area contributed by atoms with Crippen molar-refractivity contribution in [2.75, 3.05) is 57.8 Å². The van der Waals surface area contributed by atoms with E-state index in [9.17, 15) is 4.79 Å². The number of thiophene rings is 1. The Morgan fingerprint density at radius 3 is 2.42 bits per heavy atom. The number of piperazine rings is 1. The first-order valence-corrected chi connectivity index (χ1v) is 12.2. The average molecular weight is 443 g/mol. The molecular formula is C24H34N4O2S. The molecule has 2 saturated heterocycles. The lowest BCUT2D eigenvalue weighted by Crippen LogP contribution is -2.53. The molecule has 1 unspecified atom stereocenters. The van der Waals surface area contributed by atoms with Crippen LogP contribution in [0.5, 0.6) is 5.75 Å². The van der Waals surface area contributed by atoms with E-state index in [0.717, 1.165) is 50.9 Å². The minimum Gasteiger partial charge on any atom is -0.497 e. The lowest BCUT2D eigenvalue weighted by molar-refractivity contribution is 0.134. The number of hydrogen-bond donors (Lipinski definition) is 1. The SMILES string of the molecule is COc1ccc(N2CCN(C(=O)NCC(c3cccs3)N3CCC(C)CC3)CC2)cc1. The zero-order valence-electron chi connectivity index (χ0n) is 18.6. The molecule has 2 aliphatic heterocycles. The molecule has 0 bridgehead atoms. The molecule has 2 aliphatic rings. The van der Waals surface area contributed by atoms with Gasteiger partial charge in [0.1, 0.15) is 5.75 Å². The molecule has 0 radical (unpaired) electrons. The van der Waals surface area contributed by atoms with Crippen molar-refractivity contribution in [2.24, 2.45) is 5.92 Å². The molecule has 1 aromatic carbocycles. The monoisotopic (exact) mass is 442 g/mol. The van der Waals surface area contributed by atoms with Crippen LogP contribution in [0.1, 0.15) is 30.7 Å². The number of nitrogens with zero attached hydrogens (tertiary/aromatic N) is 3. The molecule has 6 nitrogen and oxygen atoms in total. The highest BCUT2D eigenvalue weighted by atomic mass is 32.1. The van der Waals surface area contributed by atoms with E-state index in [1.807, 2.05) is 17.0 Å². The quantitative estimate of drug-likeness (QED) is 0.733. The number of hydrogen-bond acceptors (Lipinski definition) is 5. The molecule has 4 rings (SSSR count). The summed E-state index contributed by atoms with van der Waals surface area (Å²) in [6, 6.07) is 12.8. The van der Waals surface area contributed by atoms with Gasteiger partial charge in [-0.2, -0.15) is 0 Å². The highest BCUT2D eigenvalue weighted by Gasteiger charge is 2.27. The molecule has 0 spiro atoms. The number of rotatable bonds is 6. The topological polar surface area (TPSA) is 48.1 Å². The van der Waals surface area contributed by atoms with Crippen LogP contribution in [0.3, 0.4) is 0 Å². The van der Waals surface area contributed by atoms with E-state index >= 15 is 0 Å². The molecule has 168 valence electrons. The Labute approximate surface area is 189 Å². The molecule has 1 N–H and O–H groups in total. The van der Waals surface area contributed by atoms with E-state index in [1.54, 1.807) is 18.4 Å². The van der Waals surface area contributed by atoms with Gasteiger partial charge in [-0.3, -0.25) is 4.90 Å². The van der Waals surface area contributed by atoms with Crippen LogP contribution in [0.2, 0.25) is 0 Å². The second-order valence-electron chi connectivity index (χ2n) is 8.61. The van der Waals surface area contributed by atoms with Gasteiger partial charge in [0.25, 0.3) is 0 Å². The van der Waals surface area contributed by atoms with Crippen molar-refractivity contribution in [3.8, 4) is 5.75 Å². The van der Waals surface area contributed by atoms with Crippen LogP contribution in [0.25, 0.3) is 0 Å². The maximum Gasteiger partial charge on any atom is 0.317 e. The number of piperidine rings is 1. The van der Waals surface area contributed by atoms with Crippen LogP contribution in [0.15, 0.2) is 41.8 Å². The van der Waals surface area contributed by atoms with Crippen molar-refractivity contribution in [3.05, 3.63) is 46.7 Å². The van der Waals surface area contributed by atoms with Gasteiger partial charge in [0.2, 0.25) is 0 Å². The lowest BCUT2D eigenvalue weighted by atomic mass is 9.97. The standard InChI is InChI=1S/C24H34N4O2S/c1-19-9-11-27(12-10-19)22(23-4-3-17-31-23)18-25-24(29)28-15-13-26(14-16-28)20-5-7-21(30-2)8-6-20/h3-8,17,19,22H,9-16,18H2,1-2H3,(H,25,29). The number of nitrogens with one attached hydrogen (secondary N) is 1. The van der Waals surface area contributed by atoms with Gasteiger partial charge >= 0.3 is 6.03 Å². The summed E-state index contributed by atoms with van der Waals surface area (Å²) in [5.74, 6) is 1.67. The summed E-state index contributed by atoms with van der Waals surface area (Å²) in [4.78, 5) is 21.1. The van der Waals surface area contributed by atoms with Gasteiger partial charge in [-0.25, -0.2) is 4.79 Å². The fraction of sp³-hybridized carbons (Fsp3) is 0.542. The molecule has 2 fully saturated rings. The minimum atomic E-state index is 0.0568. The van der Waals surface area contributed by atoms with E-state index in [4.69, 9.17) is 4.74 Å². The summed E-state index contributed by atoms with van der Waals surface area (Å²) in [7, 11) is 1.68. The molecule has 2 aromatic rings. The Hall–Kier alpha value is -2.25. The Morgan fingerprint density at radius 1 is 1.10 bits per heavy atom. The maximum absolute atomic E-state index is 12.9. The highest BCUT2D eigenvalue weighted by molar-refractivity contribution is 7.10. The molecule has 31 heavy (non-hydrogen) atoms. The summed E-state index contributed by atoms with van der Waals surface area (Å²) < 4.78 is 5.24. The van der Waals surface area contributed by atoms with Crippen LogP contribution in [-0.2, 0) is 0 Å². The lowest BCUT2D eigenvalue weighted by Gasteiger charge is -2.38. The average Bonchev–Trinajstić information content (AvgIpc) is 3.35. The largest absolute Gasteiger partial charge is 0.497 e. The van der Waals surface area contributed by atoms with Crippen LogP contribution in [0, 0.1) is 5.92 Å². The van der Waals surface area contributed by atoms with Gasteiger partial charge in [-0.05, 0) is 67.6 Å². The first-order valence-electron chi connectivity index (χ1n) is 11.3. The highest BCUT2D eigenvalue weighted by Crippen LogP contribution is 2.29. The minimum absolute atomic E-state index is 0.0568. The van der Waals surface area contributed by atoms with Gasteiger partial charge in [0, 0.05) is 43.3 Å². The molecule has 7 heteroatoms. The number of carbonyl (C=O) groups is 1. The van der Waals surface area contributed by atoms with Gasteiger partial charge in [-0.1, -0.05) is 13.0 Å². The van der Waals surface area contributed by atoms with Crippen molar-refractivity contribution in [1.82, 2.24) is 15.1 Å². The van der Waals surface area contributed by atoms with Gasteiger partial charge in [0.05, 0.1) is 13.2 Å². The Morgan fingerprint density at radius 2 is 1.81 bits per heavy atom. The fourth-order valence-electron chi connectivity index (χ4n) is 4.49. The predicted octanol–water partition coefficient (Wildman–Crippen LogP) is 4.06. The summed E-state index contributed by atoms with van der Waals surface area (Å²) >= 11 is 1.79. The van der Waals surface area contributed by atoms with E-state index in [2.05, 4.69) is 51.7 Å². The molecular weight excluding hydrogens is 408 g/mol. The second kappa shape index (κ2) is 10.4. The Bertz CT molecular complexity index is 811. The van der Waals surface area contributed by atoms with Crippen molar-refractivity contribution < 1.29 is 9.53 Å². The second-order valence-corrected chi connectivity index (χ2v) is 9.59. The van der Waals surface area contributed by atoms with Gasteiger partial charge < -0.3 is 19.9 Å². The third kappa shape index (κ3) is 5.52. The molecule has 0 aliphatic carbocycles. The molecule has 1 atom stereocenters. The summed E-state index contributed by atoms with van der Waals surface area (Å²) in [6.45, 7) is 8.40. The van der Waals surface area contributed by atoms with E-state index in [0.29, 0.717) is 6.54 Å². The van der Waals surface area contributed by atoms with Crippen molar-refractivity contribution in [2.45, 2.75) is 25.8 Å². The van der Waals surface area contributed by atoms with Crippen LogP contribution < -0.4 is 15.0 Å². The number of anilines is 1. The van der Waals surface area contributed by atoms with E-state index in [1.165, 1.54) is 23.4 Å². The molecule has 2 amide bonds. The zero-order valence-corrected chi connectivity index (χ0v) is 19.4. The number of likely N-dealkylation sites (tertiary alicyclic amines) is 1. The maximum atomic E-state index is 12.9. The number of carbonyl (C=O) groups excluding carboxylic acids is 1. The number of methoxy groups -OCH3 is 1. The molecule has 1 aromatic heterocycles. The number of urea groups is 1. The third-order valence-electron chi connectivity index (χ3n) is 6.58. The molecule has 3 heterocycles. The first-order chi connectivity index (χ1) is 15.1. The van der Waals surface area contributed by atoms with Crippen molar-refractivity contribution in [1.29, 1.82) is 0 Å². The predicted molar refractivity (Wildman–Crippen MR) is 127 cm³/mol. The first kappa shape index (κ1) is 22.0. The van der Waals surface area contributed by atoms with Crippen LogP contribution in [-0.4, -0.2) is 68.8 Å². The van der Waals surface area contributed by atoms with Crippen LogP contribution >= 0.6 is 11.3 Å². The van der Waals surface area contributed by atoms with E-state index in [-0.39, 0.29) is 12.1 Å². The summed E-state index contributed by atoms with van der Waals surface area (Å²) in [5, 5.41) is 5.37. The molecule has 0 saturated carbocycles. The fourth-order valence-corrected chi connectivity index (χ4v) is 5.35. The van der Waals surface area contributed by atoms with Gasteiger partial charge in [-0.15, -0.1) is 11.3 Å². The Kier molecular flexibility index (Phi) is 7.35. The number of benzene rings is 1. The van der Waals surface area contributed by atoms with E-state index < -0.39 is 0 Å². The Balaban J connectivity index is 1.29. The third-order valence-corrected chi connectivity index (χ3v) is 7.56. The van der Waals surface area contributed by atoms with Gasteiger partial charge in [0.15, 0.2) is 0 Å². The smallest absolute Gasteiger partial charge is 0.317 e. The van der Waals surface area contributed by atoms with Crippen LogP contribution in [0.4, 0.5) is 10.5 Å². The summed E-state index contributed by atoms with van der Waals surface area (Å²) in [5.41, 5.74) is 1.18. The normalized spacial score (nSPS) is 19.3. The number of amides is 2. The van der Waals surface area contributed by atoms with Crippen molar-refractivity contribution >= 4 is 23.1 Å². The van der Waals surface area contributed by atoms with Crippen molar-refractivity contribution in [3.63, 3.8) is 0 Å². The number of ether oxygens (including phenoxy) is 1. The zero-order chi connectivity index (χ0) is 21.6. The summed E-state index contributed by atoms with van der Waals surface area (Å²) in [6.07, 6.45) is 2.48.